The van der Waals surface area contributed by atoms with Crippen LogP contribution >= 0.6 is 0 Å². The average Bonchev–Trinajstić information content (AvgIpc) is 2.61. The molecule has 0 bridgehead atoms. The minimum atomic E-state index is -1.03. The highest BCUT2D eigenvalue weighted by Gasteiger charge is 2.19. The Labute approximate surface area is 154 Å². The second kappa shape index (κ2) is 16.4. The summed E-state index contributed by atoms with van der Waals surface area (Å²) in [6.07, 6.45) is 0.611. The molecule has 0 aromatic heterocycles. The molecule has 0 amide bonds. The average molecular weight is 378 g/mol. The van der Waals surface area contributed by atoms with Gasteiger partial charge in [0.05, 0.1) is 26.4 Å². The van der Waals surface area contributed by atoms with Crippen molar-refractivity contribution in [1.29, 1.82) is 0 Å². The summed E-state index contributed by atoms with van der Waals surface area (Å²) in [5.41, 5.74) is 0. The van der Waals surface area contributed by atoms with Gasteiger partial charge in [0.15, 0.2) is 6.10 Å². The van der Waals surface area contributed by atoms with E-state index in [0.717, 1.165) is 25.7 Å². The molecule has 0 aliphatic heterocycles. The minimum absolute atomic E-state index is 0.0377. The predicted octanol–water partition coefficient (Wildman–Crippen LogP) is 2.84. The third-order valence-electron chi connectivity index (χ3n) is 2.96. The molecule has 0 rings (SSSR count). The lowest BCUT2D eigenvalue weighted by Crippen LogP contribution is -2.27. The van der Waals surface area contributed by atoms with Crippen molar-refractivity contribution in [3.05, 3.63) is 0 Å². The molecule has 0 spiro atoms. The molecule has 0 N–H and O–H groups in total. The quantitative estimate of drug-likeness (QED) is 0.256. The van der Waals surface area contributed by atoms with Crippen LogP contribution in [-0.4, -0.2) is 64.0 Å². The Hall–Kier alpha value is -2.03. The monoisotopic (exact) mass is 378 g/mol. The Morgan fingerprint density at radius 2 is 1.19 bits per heavy atom. The Kier molecular flexibility index (Phi) is 15.2. The smallest absolute Gasteiger partial charge is 0.463 e. The maximum Gasteiger partial charge on any atom is 0.509 e. The van der Waals surface area contributed by atoms with Crippen LogP contribution in [0.3, 0.4) is 0 Å². The van der Waals surface area contributed by atoms with Crippen LogP contribution in [0.5, 0.6) is 0 Å². The topological polar surface area (TPSA) is 107 Å². The third-order valence-corrected chi connectivity index (χ3v) is 2.96. The lowest BCUT2D eigenvalue weighted by atomic mass is 10.3. The van der Waals surface area contributed by atoms with Gasteiger partial charge >= 0.3 is 18.3 Å². The van der Waals surface area contributed by atoms with E-state index in [0.29, 0.717) is 13.2 Å². The second-order valence-corrected chi connectivity index (χ2v) is 5.29. The number of hydrogen-bond donors (Lipinski definition) is 0. The van der Waals surface area contributed by atoms with Crippen LogP contribution in [0.15, 0.2) is 0 Å². The minimum Gasteiger partial charge on any atom is -0.463 e. The molecule has 26 heavy (non-hydrogen) atoms. The summed E-state index contributed by atoms with van der Waals surface area (Å²) in [6.45, 7) is 6.20. The number of ether oxygens (including phenoxy) is 6. The van der Waals surface area contributed by atoms with Gasteiger partial charge in [-0.15, -0.1) is 0 Å². The van der Waals surface area contributed by atoms with E-state index in [2.05, 4.69) is 0 Å². The highest BCUT2D eigenvalue weighted by molar-refractivity contribution is 5.76. The molecule has 9 heteroatoms. The fraction of sp³-hybridized carbons (Fsp3) is 0.824. The lowest BCUT2D eigenvalue weighted by Gasteiger charge is -2.12. The highest BCUT2D eigenvalue weighted by Crippen LogP contribution is 1.99. The van der Waals surface area contributed by atoms with Crippen molar-refractivity contribution in [2.75, 3.05) is 39.6 Å². The maximum absolute atomic E-state index is 11.5. The van der Waals surface area contributed by atoms with E-state index in [4.69, 9.17) is 28.4 Å². The third kappa shape index (κ3) is 14.3. The summed E-state index contributed by atoms with van der Waals surface area (Å²) in [6, 6.07) is 0. The van der Waals surface area contributed by atoms with E-state index >= 15 is 0 Å². The first-order chi connectivity index (χ1) is 12.5. The van der Waals surface area contributed by atoms with Crippen LogP contribution in [-0.2, 0) is 33.2 Å². The van der Waals surface area contributed by atoms with Gasteiger partial charge in [0, 0.05) is 0 Å². The van der Waals surface area contributed by atoms with Gasteiger partial charge in [-0.2, -0.15) is 0 Å². The van der Waals surface area contributed by atoms with Gasteiger partial charge in [-0.05, 0) is 19.8 Å². The largest absolute Gasteiger partial charge is 0.509 e. The fourth-order valence-electron chi connectivity index (χ4n) is 1.47. The van der Waals surface area contributed by atoms with Crippen LogP contribution in [0, 0.1) is 0 Å². The fourth-order valence-corrected chi connectivity index (χ4v) is 1.47. The Morgan fingerprint density at radius 1 is 0.692 bits per heavy atom. The number of rotatable bonds is 14. The van der Waals surface area contributed by atoms with Gasteiger partial charge in [-0.3, -0.25) is 0 Å². The molecule has 0 aliphatic carbocycles. The molecule has 0 aromatic carbocycles. The summed E-state index contributed by atoms with van der Waals surface area (Å²) in [5.74, 6) is -0.616. The molecule has 1 atom stereocenters. The first-order valence-corrected chi connectivity index (χ1v) is 8.88. The Morgan fingerprint density at radius 3 is 1.77 bits per heavy atom. The van der Waals surface area contributed by atoms with Crippen molar-refractivity contribution in [2.45, 2.75) is 52.6 Å². The molecule has 0 saturated carbocycles. The molecule has 1 unspecified atom stereocenters. The zero-order chi connectivity index (χ0) is 19.6. The molecule has 0 radical (unpaired) electrons. The summed E-state index contributed by atoms with van der Waals surface area (Å²) >= 11 is 0. The van der Waals surface area contributed by atoms with Gasteiger partial charge in [-0.25, -0.2) is 14.4 Å². The van der Waals surface area contributed by atoms with Crippen molar-refractivity contribution < 1.29 is 42.8 Å². The molecular formula is C17H30O9. The van der Waals surface area contributed by atoms with Gasteiger partial charge in [-0.1, -0.05) is 26.7 Å². The number of esters is 1. The van der Waals surface area contributed by atoms with Crippen molar-refractivity contribution in [3.8, 4) is 0 Å². The van der Waals surface area contributed by atoms with Crippen LogP contribution in [0.1, 0.15) is 46.5 Å². The number of carbonyl (C=O) groups excluding carboxylic acids is 3. The summed E-state index contributed by atoms with van der Waals surface area (Å²) in [4.78, 5) is 34.0. The summed E-state index contributed by atoms with van der Waals surface area (Å²) in [5, 5.41) is 0. The van der Waals surface area contributed by atoms with Gasteiger partial charge in [0.2, 0.25) is 0 Å². The van der Waals surface area contributed by atoms with E-state index in [1.165, 1.54) is 6.92 Å². The molecule has 0 fully saturated rings. The van der Waals surface area contributed by atoms with Crippen LogP contribution < -0.4 is 0 Å². The first kappa shape index (κ1) is 24.0. The van der Waals surface area contributed by atoms with Crippen LogP contribution in [0.4, 0.5) is 9.59 Å². The number of hydrogen-bond acceptors (Lipinski definition) is 9. The molecular weight excluding hydrogens is 348 g/mol. The van der Waals surface area contributed by atoms with E-state index in [1.54, 1.807) is 0 Å². The highest BCUT2D eigenvalue weighted by atomic mass is 16.7. The van der Waals surface area contributed by atoms with Crippen molar-refractivity contribution in [1.82, 2.24) is 0 Å². The number of carbonyl (C=O) groups is 3. The van der Waals surface area contributed by atoms with Crippen molar-refractivity contribution >= 4 is 18.3 Å². The Balaban J connectivity index is 3.56. The molecule has 0 saturated heterocycles. The molecule has 0 aliphatic rings. The predicted molar refractivity (Wildman–Crippen MR) is 90.8 cm³/mol. The van der Waals surface area contributed by atoms with Crippen LogP contribution in [0.25, 0.3) is 0 Å². The van der Waals surface area contributed by atoms with Gasteiger partial charge in [0.1, 0.15) is 13.2 Å². The SMILES string of the molecule is CCCCOC(=O)OCCOCCOC(=O)OC(C)C(=O)OCCCC. The van der Waals surface area contributed by atoms with Crippen molar-refractivity contribution in [3.63, 3.8) is 0 Å². The van der Waals surface area contributed by atoms with Crippen LogP contribution in [0.2, 0.25) is 0 Å². The van der Waals surface area contributed by atoms with Gasteiger partial charge < -0.3 is 28.4 Å². The Bertz CT molecular complexity index is 398. The maximum atomic E-state index is 11.5. The molecule has 0 aromatic rings. The number of unbranched alkanes of at least 4 members (excludes halogenated alkanes) is 2. The standard InChI is InChI=1S/C17H30O9/c1-4-6-8-22-15(18)14(3)26-17(20)25-13-11-21-10-12-24-16(19)23-9-7-5-2/h14H,4-13H2,1-3H3. The normalized spacial score (nSPS) is 11.3. The zero-order valence-corrected chi connectivity index (χ0v) is 15.8. The lowest BCUT2D eigenvalue weighted by molar-refractivity contribution is -0.154. The summed E-state index contributed by atoms with van der Waals surface area (Å²) < 4.78 is 29.1. The summed E-state index contributed by atoms with van der Waals surface area (Å²) in [7, 11) is 0. The zero-order valence-electron chi connectivity index (χ0n) is 15.8. The first-order valence-electron chi connectivity index (χ1n) is 8.88. The van der Waals surface area contributed by atoms with E-state index < -0.39 is 24.4 Å². The molecule has 152 valence electrons. The molecule has 9 nitrogen and oxygen atoms in total. The molecule has 0 heterocycles. The van der Waals surface area contributed by atoms with E-state index in [1.807, 2.05) is 13.8 Å². The second-order valence-electron chi connectivity index (χ2n) is 5.29. The van der Waals surface area contributed by atoms with E-state index in [9.17, 15) is 14.4 Å². The van der Waals surface area contributed by atoms with Crippen molar-refractivity contribution in [2.24, 2.45) is 0 Å². The van der Waals surface area contributed by atoms with E-state index in [-0.39, 0.29) is 26.4 Å². The van der Waals surface area contributed by atoms with Gasteiger partial charge in [0.25, 0.3) is 0 Å².